The highest BCUT2D eigenvalue weighted by atomic mass is 16.5. The number of aromatic nitrogens is 2. The van der Waals surface area contributed by atoms with E-state index in [4.69, 9.17) is 4.74 Å². The molecule has 4 aromatic rings. The molecule has 126 valence electrons. The van der Waals surface area contributed by atoms with E-state index in [1.807, 2.05) is 42.5 Å². The second kappa shape index (κ2) is 6.78. The third-order valence-corrected chi connectivity index (χ3v) is 4.45. The third kappa shape index (κ3) is 2.82. The van der Waals surface area contributed by atoms with Crippen molar-refractivity contribution < 1.29 is 9.14 Å². The van der Waals surface area contributed by atoms with Crippen LogP contribution in [0.5, 0.6) is 5.75 Å². The number of fused-ring (bicyclic) bond motifs is 1. The van der Waals surface area contributed by atoms with Crippen LogP contribution in [0, 0.1) is 11.8 Å². The van der Waals surface area contributed by atoms with Crippen molar-refractivity contribution in [1.82, 2.24) is 4.57 Å². The molecule has 0 fully saturated rings. The third-order valence-electron chi connectivity index (χ3n) is 4.45. The highest BCUT2D eigenvalue weighted by Gasteiger charge is 2.22. The Bertz CT molecular complexity index is 1110. The maximum atomic E-state index is 5.21. The van der Waals surface area contributed by atoms with Gasteiger partial charge in [-0.1, -0.05) is 42.3 Å². The summed E-state index contributed by atoms with van der Waals surface area (Å²) in [5, 5.41) is 0. The van der Waals surface area contributed by atoms with E-state index in [0.717, 1.165) is 33.9 Å². The van der Waals surface area contributed by atoms with E-state index in [9.17, 15) is 0 Å². The summed E-state index contributed by atoms with van der Waals surface area (Å²) in [6.07, 6.45) is 2.08. The molecule has 0 atom stereocenters. The summed E-state index contributed by atoms with van der Waals surface area (Å²) < 4.78 is 9.54. The maximum Gasteiger partial charge on any atom is 0.287 e. The van der Waals surface area contributed by atoms with E-state index in [1.54, 1.807) is 7.11 Å². The summed E-state index contributed by atoms with van der Waals surface area (Å²) >= 11 is 0. The zero-order valence-corrected chi connectivity index (χ0v) is 14.8. The highest BCUT2D eigenvalue weighted by Crippen LogP contribution is 2.22. The van der Waals surface area contributed by atoms with Crippen LogP contribution in [0.1, 0.15) is 11.3 Å². The molecular weight excluding hydrogens is 320 g/mol. The summed E-state index contributed by atoms with van der Waals surface area (Å²) in [5.74, 6) is 7.49. The van der Waals surface area contributed by atoms with E-state index in [1.165, 1.54) is 0 Å². The van der Waals surface area contributed by atoms with Gasteiger partial charge in [-0.15, -0.1) is 0 Å². The summed E-state index contributed by atoms with van der Waals surface area (Å²) in [6.45, 7) is 0. The van der Waals surface area contributed by atoms with Crippen molar-refractivity contribution >= 4 is 5.65 Å². The molecule has 3 heteroatoms. The first kappa shape index (κ1) is 16.0. The molecule has 2 aromatic carbocycles. The van der Waals surface area contributed by atoms with Crippen LogP contribution in [0.4, 0.5) is 0 Å². The molecule has 4 rings (SSSR count). The standard InChI is InChI=1S/C23H19N2O/c1-24-21(16-13-18-11-14-20(26-2)15-12-18)23(19-8-4-3-5-9-19)25-17-7-6-10-22(24)25/h3-12,14-15,17H,1-2H3/q+1. The van der Waals surface area contributed by atoms with Crippen LogP contribution in [-0.2, 0) is 7.05 Å². The van der Waals surface area contributed by atoms with Crippen LogP contribution in [0.15, 0.2) is 79.0 Å². The smallest absolute Gasteiger partial charge is 0.287 e. The number of ether oxygens (including phenoxy) is 1. The average molecular weight is 339 g/mol. The molecule has 3 nitrogen and oxygen atoms in total. The lowest BCUT2D eigenvalue weighted by Gasteiger charge is -1.98. The number of rotatable bonds is 2. The van der Waals surface area contributed by atoms with Gasteiger partial charge in [-0.05, 0) is 36.3 Å². The molecule has 26 heavy (non-hydrogen) atoms. The van der Waals surface area contributed by atoms with Gasteiger partial charge in [-0.3, -0.25) is 0 Å². The van der Waals surface area contributed by atoms with E-state index in [-0.39, 0.29) is 0 Å². The van der Waals surface area contributed by atoms with Crippen LogP contribution in [-0.4, -0.2) is 11.7 Å². The Morgan fingerprint density at radius 3 is 2.31 bits per heavy atom. The molecule has 0 aliphatic rings. The Morgan fingerprint density at radius 1 is 0.846 bits per heavy atom. The minimum Gasteiger partial charge on any atom is -0.497 e. The van der Waals surface area contributed by atoms with Gasteiger partial charge in [0.15, 0.2) is 5.69 Å². The Labute approximate surface area is 153 Å². The first-order valence-electron chi connectivity index (χ1n) is 8.48. The molecule has 0 radical (unpaired) electrons. The number of benzene rings is 2. The Balaban J connectivity index is 1.89. The van der Waals surface area contributed by atoms with Gasteiger partial charge in [0.2, 0.25) is 5.69 Å². The summed E-state index contributed by atoms with van der Waals surface area (Å²) in [6, 6.07) is 24.4. The summed E-state index contributed by atoms with van der Waals surface area (Å²) in [4.78, 5) is 0. The molecule has 0 amide bonds. The van der Waals surface area contributed by atoms with Crippen molar-refractivity contribution in [2.45, 2.75) is 0 Å². The zero-order chi connectivity index (χ0) is 17.9. The van der Waals surface area contributed by atoms with Gasteiger partial charge in [0.1, 0.15) is 5.75 Å². The molecule has 2 aromatic heterocycles. The predicted molar refractivity (Wildman–Crippen MR) is 103 cm³/mol. The van der Waals surface area contributed by atoms with Crippen molar-refractivity contribution in [3.05, 3.63) is 90.3 Å². The fourth-order valence-electron chi connectivity index (χ4n) is 3.10. The number of hydrogen-bond acceptors (Lipinski definition) is 1. The number of nitrogens with zero attached hydrogens (tertiary/aromatic N) is 2. The van der Waals surface area contributed by atoms with Gasteiger partial charge in [0, 0.05) is 17.2 Å². The minimum atomic E-state index is 0.834. The first-order valence-corrected chi connectivity index (χ1v) is 8.48. The lowest BCUT2D eigenvalue weighted by molar-refractivity contribution is -0.498. The molecule has 0 aliphatic heterocycles. The van der Waals surface area contributed by atoms with Crippen molar-refractivity contribution in [2.75, 3.05) is 7.11 Å². The largest absolute Gasteiger partial charge is 0.497 e. The lowest BCUT2D eigenvalue weighted by atomic mass is 10.1. The minimum absolute atomic E-state index is 0.834. The predicted octanol–water partition coefficient (Wildman–Crippen LogP) is 3.84. The lowest BCUT2D eigenvalue weighted by Crippen LogP contribution is -2.21. The Hall–Kier alpha value is -3.51. The molecular formula is C23H19N2O+. The van der Waals surface area contributed by atoms with Crippen molar-refractivity contribution in [3.8, 4) is 28.8 Å². The van der Waals surface area contributed by atoms with Gasteiger partial charge in [0.05, 0.1) is 20.4 Å². The van der Waals surface area contributed by atoms with Crippen LogP contribution >= 0.6 is 0 Å². The number of pyridine rings is 1. The van der Waals surface area contributed by atoms with Gasteiger partial charge in [0.25, 0.3) is 5.65 Å². The van der Waals surface area contributed by atoms with Crippen molar-refractivity contribution in [1.29, 1.82) is 0 Å². The quantitative estimate of drug-likeness (QED) is 0.401. The molecule has 0 bridgehead atoms. The number of imidazole rings is 1. The first-order chi connectivity index (χ1) is 12.8. The fraction of sp³-hybridized carbons (Fsp3) is 0.0870. The summed E-state index contributed by atoms with van der Waals surface area (Å²) in [5.41, 5.74) is 5.29. The number of aryl methyl sites for hydroxylation is 1. The van der Waals surface area contributed by atoms with Crippen molar-refractivity contribution in [2.24, 2.45) is 7.05 Å². The van der Waals surface area contributed by atoms with E-state index in [2.05, 4.69) is 64.4 Å². The topological polar surface area (TPSA) is 18.3 Å². The SMILES string of the molecule is COc1ccc(C#Cc2c(-c3ccccc3)[n+]3ccccc3n2C)cc1. The van der Waals surface area contributed by atoms with Gasteiger partial charge in [-0.2, -0.15) is 4.40 Å². The zero-order valence-electron chi connectivity index (χ0n) is 14.8. The second-order valence-corrected chi connectivity index (χ2v) is 6.03. The van der Waals surface area contributed by atoms with E-state index < -0.39 is 0 Å². The normalized spacial score (nSPS) is 10.4. The van der Waals surface area contributed by atoms with Crippen LogP contribution in [0.2, 0.25) is 0 Å². The average Bonchev–Trinajstić information content (AvgIpc) is 2.99. The highest BCUT2D eigenvalue weighted by molar-refractivity contribution is 5.66. The second-order valence-electron chi connectivity index (χ2n) is 6.03. The Morgan fingerprint density at radius 2 is 1.58 bits per heavy atom. The van der Waals surface area contributed by atoms with Gasteiger partial charge in [-0.25, -0.2) is 4.57 Å². The molecule has 0 N–H and O–H groups in total. The van der Waals surface area contributed by atoms with E-state index >= 15 is 0 Å². The van der Waals surface area contributed by atoms with Crippen LogP contribution in [0.3, 0.4) is 0 Å². The summed E-state index contributed by atoms with van der Waals surface area (Å²) in [7, 11) is 3.72. The van der Waals surface area contributed by atoms with E-state index in [0.29, 0.717) is 0 Å². The monoisotopic (exact) mass is 339 g/mol. The van der Waals surface area contributed by atoms with Crippen molar-refractivity contribution in [3.63, 3.8) is 0 Å². The number of hydrogen-bond donors (Lipinski definition) is 0. The van der Waals surface area contributed by atoms with Crippen LogP contribution < -0.4 is 9.14 Å². The molecule has 0 saturated heterocycles. The Kier molecular flexibility index (Phi) is 4.17. The maximum absolute atomic E-state index is 5.21. The molecule has 0 aliphatic carbocycles. The molecule has 0 spiro atoms. The fourth-order valence-corrected chi connectivity index (χ4v) is 3.10. The van der Waals surface area contributed by atoms with Gasteiger partial charge < -0.3 is 4.74 Å². The van der Waals surface area contributed by atoms with Gasteiger partial charge >= 0.3 is 0 Å². The molecule has 0 unspecified atom stereocenters. The van der Waals surface area contributed by atoms with Crippen LogP contribution in [0.25, 0.3) is 16.9 Å². The number of methoxy groups -OCH3 is 1. The molecule has 0 saturated carbocycles. The molecule has 2 heterocycles.